The maximum atomic E-state index is 11.6. The molecule has 0 aromatic carbocycles. The molecule has 0 saturated heterocycles. The number of carboxylic acids is 1. The van der Waals surface area contributed by atoms with Gasteiger partial charge >= 0.3 is 12.0 Å². The van der Waals surface area contributed by atoms with Crippen molar-refractivity contribution in [1.82, 2.24) is 10.6 Å². The average molecular weight is 244 g/mol. The van der Waals surface area contributed by atoms with E-state index in [-0.39, 0.29) is 0 Å². The lowest BCUT2D eigenvalue weighted by Crippen LogP contribution is -2.61. The van der Waals surface area contributed by atoms with Crippen molar-refractivity contribution in [3.8, 4) is 0 Å². The molecule has 98 valence electrons. The standard InChI is InChI=1S/C11H20N2O4/c1-10(2,17-3)7-12-9(16)13-11(8(14)15)5-4-6-11/h4-7H2,1-3H3,(H,14,15)(H2,12,13,16). The Kier molecular flexibility index (Phi) is 3.98. The van der Waals surface area contributed by atoms with Crippen molar-refractivity contribution in [3.63, 3.8) is 0 Å². The summed E-state index contributed by atoms with van der Waals surface area (Å²) >= 11 is 0. The Morgan fingerprint density at radius 1 is 1.41 bits per heavy atom. The summed E-state index contributed by atoms with van der Waals surface area (Å²) < 4.78 is 5.15. The number of urea groups is 1. The van der Waals surface area contributed by atoms with Crippen LogP contribution in [0.2, 0.25) is 0 Å². The number of carbonyl (C=O) groups excluding carboxylic acids is 1. The van der Waals surface area contributed by atoms with E-state index in [1.165, 1.54) is 0 Å². The summed E-state index contributed by atoms with van der Waals surface area (Å²) in [7, 11) is 1.56. The molecule has 1 rings (SSSR count). The predicted octanol–water partition coefficient (Wildman–Crippen LogP) is 0.718. The zero-order chi connectivity index (χ0) is 13.1. The third-order valence-corrected chi connectivity index (χ3v) is 3.20. The van der Waals surface area contributed by atoms with Crippen LogP contribution in [0.3, 0.4) is 0 Å². The SMILES string of the molecule is COC(C)(C)CNC(=O)NC1(C(=O)O)CCC1. The minimum absolute atomic E-state index is 0.324. The van der Waals surface area contributed by atoms with Crippen LogP contribution in [0.1, 0.15) is 33.1 Å². The molecule has 1 fully saturated rings. The van der Waals surface area contributed by atoms with Crippen LogP contribution in [0, 0.1) is 0 Å². The fourth-order valence-electron chi connectivity index (χ4n) is 1.55. The molecule has 0 unspecified atom stereocenters. The van der Waals surface area contributed by atoms with Gasteiger partial charge in [-0.3, -0.25) is 0 Å². The summed E-state index contributed by atoms with van der Waals surface area (Å²) in [6.45, 7) is 4.00. The molecule has 0 aromatic heterocycles. The van der Waals surface area contributed by atoms with Crippen molar-refractivity contribution in [2.24, 2.45) is 0 Å². The molecule has 0 heterocycles. The van der Waals surface area contributed by atoms with Gasteiger partial charge in [0.15, 0.2) is 0 Å². The molecule has 1 saturated carbocycles. The van der Waals surface area contributed by atoms with E-state index in [2.05, 4.69) is 10.6 Å². The molecule has 0 spiro atoms. The van der Waals surface area contributed by atoms with Crippen LogP contribution in [0.15, 0.2) is 0 Å². The number of rotatable bonds is 5. The Bertz CT molecular complexity index is 311. The van der Waals surface area contributed by atoms with Crippen LogP contribution in [-0.2, 0) is 9.53 Å². The molecule has 1 aliphatic carbocycles. The Labute approximate surface area is 101 Å². The number of hydrogen-bond donors (Lipinski definition) is 3. The number of methoxy groups -OCH3 is 1. The third-order valence-electron chi connectivity index (χ3n) is 3.20. The topological polar surface area (TPSA) is 87.7 Å². The Balaban J connectivity index is 2.42. The van der Waals surface area contributed by atoms with Gasteiger partial charge in [-0.05, 0) is 33.1 Å². The van der Waals surface area contributed by atoms with E-state index in [0.29, 0.717) is 19.4 Å². The molecule has 17 heavy (non-hydrogen) atoms. The Morgan fingerprint density at radius 2 is 2.00 bits per heavy atom. The molecule has 1 aliphatic rings. The highest BCUT2D eigenvalue weighted by Crippen LogP contribution is 2.31. The van der Waals surface area contributed by atoms with Crippen LogP contribution in [-0.4, -0.2) is 41.9 Å². The first kappa shape index (κ1) is 13.8. The van der Waals surface area contributed by atoms with Gasteiger partial charge in [0.05, 0.1) is 5.60 Å². The molecule has 6 heteroatoms. The first-order valence-electron chi connectivity index (χ1n) is 5.66. The van der Waals surface area contributed by atoms with Gasteiger partial charge in [-0.2, -0.15) is 0 Å². The van der Waals surface area contributed by atoms with Crippen molar-refractivity contribution in [2.45, 2.75) is 44.2 Å². The van der Waals surface area contributed by atoms with E-state index in [4.69, 9.17) is 9.84 Å². The van der Waals surface area contributed by atoms with Gasteiger partial charge in [-0.25, -0.2) is 9.59 Å². The van der Waals surface area contributed by atoms with Crippen molar-refractivity contribution in [3.05, 3.63) is 0 Å². The summed E-state index contributed by atoms with van der Waals surface area (Å²) in [5.41, 5.74) is -1.53. The smallest absolute Gasteiger partial charge is 0.329 e. The molecule has 3 N–H and O–H groups in total. The number of aliphatic carboxylic acids is 1. The summed E-state index contributed by atoms with van der Waals surface area (Å²) in [6.07, 6.45) is 1.81. The Hall–Kier alpha value is -1.30. The summed E-state index contributed by atoms with van der Waals surface area (Å²) in [4.78, 5) is 22.6. The monoisotopic (exact) mass is 244 g/mol. The number of amides is 2. The normalized spacial score (nSPS) is 18.1. The number of hydrogen-bond acceptors (Lipinski definition) is 3. The molecule has 0 aromatic rings. The molecule has 0 bridgehead atoms. The second kappa shape index (κ2) is 4.91. The lowest BCUT2D eigenvalue weighted by Gasteiger charge is -2.38. The molecular formula is C11H20N2O4. The first-order valence-corrected chi connectivity index (χ1v) is 5.66. The highest BCUT2D eigenvalue weighted by Gasteiger charge is 2.45. The van der Waals surface area contributed by atoms with Crippen molar-refractivity contribution in [2.75, 3.05) is 13.7 Å². The van der Waals surface area contributed by atoms with Crippen LogP contribution < -0.4 is 10.6 Å². The van der Waals surface area contributed by atoms with Crippen molar-refractivity contribution >= 4 is 12.0 Å². The van der Waals surface area contributed by atoms with Gasteiger partial charge < -0.3 is 20.5 Å². The fourth-order valence-corrected chi connectivity index (χ4v) is 1.55. The van der Waals surface area contributed by atoms with E-state index < -0.39 is 23.1 Å². The Morgan fingerprint density at radius 3 is 2.35 bits per heavy atom. The highest BCUT2D eigenvalue weighted by atomic mass is 16.5. The fraction of sp³-hybridized carbons (Fsp3) is 0.818. The van der Waals surface area contributed by atoms with Gasteiger partial charge in [0.2, 0.25) is 0 Å². The van der Waals surface area contributed by atoms with Gasteiger partial charge in [0.1, 0.15) is 5.54 Å². The van der Waals surface area contributed by atoms with Crippen LogP contribution >= 0.6 is 0 Å². The second-order valence-electron chi connectivity index (χ2n) is 5.01. The molecular weight excluding hydrogens is 224 g/mol. The molecule has 0 aliphatic heterocycles. The van der Waals surface area contributed by atoms with Gasteiger partial charge in [-0.15, -0.1) is 0 Å². The maximum absolute atomic E-state index is 11.6. The molecule has 0 radical (unpaired) electrons. The number of carbonyl (C=O) groups is 2. The van der Waals surface area contributed by atoms with Crippen LogP contribution in [0.5, 0.6) is 0 Å². The van der Waals surface area contributed by atoms with Gasteiger partial charge in [0, 0.05) is 13.7 Å². The quantitative estimate of drug-likeness (QED) is 0.665. The van der Waals surface area contributed by atoms with E-state index in [0.717, 1.165) is 6.42 Å². The average Bonchev–Trinajstić information content (AvgIpc) is 2.20. The lowest BCUT2D eigenvalue weighted by atomic mass is 9.77. The van der Waals surface area contributed by atoms with Crippen molar-refractivity contribution in [1.29, 1.82) is 0 Å². The molecule has 0 atom stereocenters. The van der Waals surface area contributed by atoms with E-state index >= 15 is 0 Å². The van der Waals surface area contributed by atoms with Gasteiger partial charge in [-0.1, -0.05) is 0 Å². The predicted molar refractivity (Wildman–Crippen MR) is 61.8 cm³/mol. The minimum Gasteiger partial charge on any atom is -0.480 e. The summed E-state index contributed by atoms with van der Waals surface area (Å²) in [5.74, 6) is -0.968. The summed E-state index contributed by atoms with van der Waals surface area (Å²) in [5, 5.41) is 14.2. The minimum atomic E-state index is -1.07. The van der Waals surface area contributed by atoms with Crippen LogP contribution in [0.25, 0.3) is 0 Å². The van der Waals surface area contributed by atoms with Crippen molar-refractivity contribution < 1.29 is 19.4 Å². The lowest BCUT2D eigenvalue weighted by molar-refractivity contribution is -0.148. The molecule has 6 nitrogen and oxygen atoms in total. The summed E-state index contributed by atoms with van der Waals surface area (Å²) in [6, 6.07) is -0.461. The van der Waals surface area contributed by atoms with Gasteiger partial charge in [0.25, 0.3) is 0 Å². The second-order valence-corrected chi connectivity index (χ2v) is 5.01. The third kappa shape index (κ3) is 3.33. The number of nitrogens with one attached hydrogen (secondary N) is 2. The largest absolute Gasteiger partial charge is 0.480 e. The zero-order valence-corrected chi connectivity index (χ0v) is 10.5. The maximum Gasteiger partial charge on any atom is 0.329 e. The first-order chi connectivity index (χ1) is 7.81. The number of ether oxygens (including phenoxy) is 1. The highest BCUT2D eigenvalue weighted by molar-refractivity contribution is 5.87. The van der Waals surface area contributed by atoms with Crippen LogP contribution in [0.4, 0.5) is 4.79 Å². The van der Waals surface area contributed by atoms with E-state index in [1.807, 2.05) is 13.8 Å². The zero-order valence-electron chi connectivity index (χ0n) is 10.5. The number of carboxylic acid groups (broad SMARTS) is 1. The van der Waals surface area contributed by atoms with E-state index in [9.17, 15) is 9.59 Å². The van der Waals surface area contributed by atoms with E-state index in [1.54, 1.807) is 7.11 Å². The molecule has 2 amide bonds.